The molecule has 0 radical (unpaired) electrons. The number of benzene rings is 1. The fourth-order valence-corrected chi connectivity index (χ4v) is 2.37. The normalized spacial score (nSPS) is 10.6. The Balaban J connectivity index is 0.00000180. The van der Waals surface area contributed by atoms with E-state index in [1.165, 1.54) is 44.9 Å². The van der Waals surface area contributed by atoms with Gasteiger partial charge in [0.05, 0.1) is 11.0 Å². The number of unbranched alkanes of at least 4 members (excludes halogenated alkanes) is 6. The van der Waals surface area contributed by atoms with Crippen LogP contribution in [-0.4, -0.2) is 9.97 Å². The van der Waals surface area contributed by atoms with Gasteiger partial charge in [0.15, 0.2) is 0 Å². The van der Waals surface area contributed by atoms with Crippen LogP contribution in [0.4, 0.5) is 0 Å². The Labute approximate surface area is 129 Å². The first-order chi connectivity index (χ1) is 8.90. The molecule has 1 heterocycles. The third kappa shape index (κ3) is 5.44. The van der Waals surface area contributed by atoms with Crippen molar-refractivity contribution in [2.45, 2.75) is 58.3 Å². The molecule has 2 rings (SSSR count). The largest absolute Gasteiger partial charge is 0.342 e. The average molecular weight is 310 g/mol. The van der Waals surface area contributed by atoms with Crippen LogP contribution in [0.3, 0.4) is 0 Å². The molecule has 1 N–H and O–H groups in total. The number of imidazole rings is 1. The number of rotatable bonds is 8. The maximum atomic E-state index is 4.60. The van der Waals surface area contributed by atoms with Gasteiger partial charge in [-0.3, -0.25) is 0 Å². The number of nitrogens with one attached hydrogen (secondary N) is 1. The Bertz CT molecular complexity index is 431. The third-order valence-corrected chi connectivity index (χ3v) is 3.46. The third-order valence-electron chi connectivity index (χ3n) is 3.46. The number of hydrogen-bond donors (Lipinski definition) is 1. The second kappa shape index (κ2) is 9.25. The summed E-state index contributed by atoms with van der Waals surface area (Å²) in [5, 5.41) is 0. The monoisotopic (exact) mass is 308 g/mol. The minimum absolute atomic E-state index is 0. The summed E-state index contributed by atoms with van der Waals surface area (Å²) in [6.45, 7) is 2.27. The molecule has 0 aliphatic rings. The molecule has 0 spiro atoms. The summed E-state index contributed by atoms with van der Waals surface area (Å²) < 4.78 is 0. The SMILES string of the molecule is CCCCCCCCCc1nc2ccccc2[nH]1.[Zn]. The van der Waals surface area contributed by atoms with Gasteiger partial charge in [-0.2, -0.15) is 0 Å². The molecule has 2 nitrogen and oxygen atoms in total. The molecule has 0 unspecified atom stereocenters. The van der Waals surface area contributed by atoms with Gasteiger partial charge in [0, 0.05) is 25.9 Å². The van der Waals surface area contributed by atoms with Crippen molar-refractivity contribution in [2.75, 3.05) is 0 Å². The molecule has 0 saturated carbocycles. The topological polar surface area (TPSA) is 28.7 Å². The van der Waals surface area contributed by atoms with Crippen molar-refractivity contribution in [1.29, 1.82) is 0 Å². The van der Waals surface area contributed by atoms with E-state index in [4.69, 9.17) is 0 Å². The van der Waals surface area contributed by atoms with E-state index in [-0.39, 0.29) is 19.5 Å². The van der Waals surface area contributed by atoms with E-state index in [9.17, 15) is 0 Å². The molecule has 0 fully saturated rings. The second-order valence-electron chi connectivity index (χ2n) is 5.07. The Morgan fingerprint density at radius 3 is 2.37 bits per heavy atom. The molecule has 19 heavy (non-hydrogen) atoms. The summed E-state index contributed by atoms with van der Waals surface area (Å²) in [6, 6.07) is 8.26. The number of hydrogen-bond acceptors (Lipinski definition) is 1. The molecule has 3 heteroatoms. The van der Waals surface area contributed by atoms with Gasteiger partial charge in [-0.05, 0) is 18.6 Å². The van der Waals surface area contributed by atoms with Crippen molar-refractivity contribution in [1.82, 2.24) is 9.97 Å². The zero-order valence-electron chi connectivity index (χ0n) is 12.1. The van der Waals surface area contributed by atoms with Crippen LogP contribution in [0.15, 0.2) is 24.3 Å². The fourth-order valence-electron chi connectivity index (χ4n) is 2.37. The molecular weight excluding hydrogens is 286 g/mol. The van der Waals surface area contributed by atoms with Crippen LogP contribution < -0.4 is 0 Å². The van der Waals surface area contributed by atoms with Gasteiger partial charge in [0.1, 0.15) is 5.82 Å². The predicted molar refractivity (Wildman–Crippen MR) is 77.8 cm³/mol. The van der Waals surface area contributed by atoms with E-state index in [0.29, 0.717) is 0 Å². The molecule has 1 aromatic carbocycles. The summed E-state index contributed by atoms with van der Waals surface area (Å²) >= 11 is 0. The summed E-state index contributed by atoms with van der Waals surface area (Å²) in [5.74, 6) is 1.14. The van der Waals surface area contributed by atoms with Crippen LogP contribution in [0.1, 0.15) is 57.7 Å². The van der Waals surface area contributed by atoms with Crippen molar-refractivity contribution < 1.29 is 19.5 Å². The standard InChI is InChI=1S/C16H24N2.Zn/c1-2-3-4-5-6-7-8-13-16-17-14-11-9-10-12-15(14)18-16;/h9-12H,2-8,13H2,1H3,(H,17,18);. The number of para-hydroxylation sites is 2. The van der Waals surface area contributed by atoms with Crippen molar-refractivity contribution >= 4 is 11.0 Å². The number of H-pyrrole nitrogens is 1. The van der Waals surface area contributed by atoms with E-state index in [0.717, 1.165) is 23.3 Å². The smallest absolute Gasteiger partial charge is 0.107 e. The quantitative estimate of drug-likeness (QED) is 0.548. The van der Waals surface area contributed by atoms with Gasteiger partial charge in [-0.15, -0.1) is 0 Å². The average Bonchev–Trinajstić information content (AvgIpc) is 2.80. The zero-order chi connectivity index (χ0) is 12.6. The minimum atomic E-state index is 0. The summed E-state index contributed by atoms with van der Waals surface area (Å²) in [5.41, 5.74) is 2.26. The Morgan fingerprint density at radius 2 is 1.63 bits per heavy atom. The van der Waals surface area contributed by atoms with Crippen LogP contribution in [-0.2, 0) is 25.9 Å². The maximum Gasteiger partial charge on any atom is 0.107 e. The molecule has 1 aromatic heterocycles. The van der Waals surface area contributed by atoms with E-state index in [1.807, 2.05) is 6.07 Å². The molecule has 2 aromatic rings. The zero-order valence-corrected chi connectivity index (χ0v) is 15.1. The van der Waals surface area contributed by atoms with Crippen LogP contribution >= 0.6 is 0 Å². The predicted octanol–water partition coefficient (Wildman–Crippen LogP) is 4.85. The molecule has 0 amide bonds. The van der Waals surface area contributed by atoms with Crippen LogP contribution in [0.5, 0.6) is 0 Å². The van der Waals surface area contributed by atoms with Crippen LogP contribution in [0.25, 0.3) is 11.0 Å². The Morgan fingerprint density at radius 1 is 0.947 bits per heavy atom. The molecule has 0 atom stereocenters. The van der Waals surface area contributed by atoms with Crippen molar-refractivity contribution in [3.8, 4) is 0 Å². The molecule has 0 bridgehead atoms. The van der Waals surface area contributed by atoms with Gasteiger partial charge in [0.25, 0.3) is 0 Å². The van der Waals surface area contributed by atoms with E-state index in [2.05, 4.69) is 35.1 Å². The van der Waals surface area contributed by atoms with E-state index >= 15 is 0 Å². The molecule has 0 aliphatic heterocycles. The van der Waals surface area contributed by atoms with Crippen LogP contribution in [0.2, 0.25) is 0 Å². The van der Waals surface area contributed by atoms with Gasteiger partial charge < -0.3 is 4.98 Å². The van der Waals surface area contributed by atoms with Gasteiger partial charge in [0.2, 0.25) is 0 Å². The van der Waals surface area contributed by atoms with Crippen molar-refractivity contribution in [3.63, 3.8) is 0 Å². The van der Waals surface area contributed by atoms with E-state index in [1.54, 1.807) is 0 Å². The Kier molecular flexibility index (Phi) is 7.97. The van der Waals surface area contributed by atoms with Gasteiger partial charge >= 0.3 is 0 Å². The first kappa shape index (κ1) is 16.4. The molecule has 0 saturated heterocycles. The minimum Gasteiger partial charge on any atom is -0.342 e. The van der Waals surface area contributed by atoms with Crippen LogP contribution in [0, 0.1) is 0 Å². The second-order valence-corrected chi connectivity index (χ2v) is 5.07. The molecular formula is C16H24N2Zn. The molecule has 100 valence electrons. The number of aromatic amines is 1. The fraction of sp³-hybridized carbons (Fsp3) is 0.562. The first-order valence-corrected chi connectivity index (χ1v) is 7.34. The number of aryl methyl sites for hydroxylation is 1. The van der Waals surface area contributed by atoms with E-state index < -0.39 is 0 Å². The number of nitrogens with zero attached hydrogens (tertiary/aromatic N) is 1. The summed E-state index contributed by atoms with van der Waals surface area (Å²) in [7, 11) is 0. The maximum absolute atomic E-state index is 4.60. The molecule has 0 aliphatic carbocycles. The van der Waals surface area contributed by atoms with Gasteiger partial charge in [-0.1, -0.05) is 57.6 Å². The summed E-state index contributed by atoms with van der Waals surface area (Å²) in [4.78, 5) is 8.00. The number of aromatic nitrogens is 2. The van der Waals surface area contributed by atoms with Crippen molar-refractivity contribution in [2.24, 2.45) is 0 Å². The van der Waals surface area contributed by atoms with Crippen molar-refractivity contribution in [3.05, 3.63) is 30.1 Å². The number of fused-ring (bicyclic) bond motifs is 1. The first-order valence-electron chi connectivity index (χ1n) is 7.34. The Hall–Kier alpha value is -0.687. The summed E-state index contributed by atoms with van der Waals surface area (Å²) in [6.07, 6.45) is 10.6. The van der Waals surface area contributed by atoms with Gasteiger partial charge in [-0.25, -0.2) is 4.98 Å².